The highest BCUT2D eigenvalue weighted by atomic mass is 16.5. The molecule has 19 heavy (non-hydrogen) atoms. The van der Waals surface area contributed by atoms with Gasteiger partial charge >= 0.3 is 0 Å². The van der Waals surface area contributed by atoms with E-state index in [2.05, 4.69) is 34.9 Å². The summed E-state index contributed by atoms with van der Waals surface area (Å²) < 4.78 is 7.44. The molecule has 2 unspecified atom stereocenters. The maximum atomic E-state index is 5.08. The third-order valence-electron chi connectivity index (χ3n) is 3.96. The Kier molecular flexibility index (Phi) is 5.25. The summed E-state index contributed by atoms with van der Waals surface area (Å²) in [6.07, 6.45) is 8.49. The Morgan fingerprint density at radius 2 is 2.32 bits per heavy atom. The van der Waals surface area contributed by atoms with Crippen molar-refractivity contribution in [1.29, 1.82) is 0 Å². The van der Waals surface area contributed by atoms with Gasteiger partial charge in [0.05, 0.1) is 5.69 Å². The highest BCUT2D eigenvalue weighted by molar-refractivity contribution is 5.29. The van der Waals surface area contributed by atoms with Gasteiger partial charge in [0.1, 0.15) is 0 Å². The Labute approximate surface area is 116 Å². The Hall–Kier alpha value is -1.03. The van der Waals surface area contributed by atoms with Gasteiger partial charge in [-0.25, -0.2) is 4.98 Å². The van der Waals surface area contributed by atoms with Gasteiger partial charge in [0.25, 0.3) is 0 Å². The topological polar surface area (TPSA) is 39.1 Å². The fraction of sp³-hybridized carbons (Fsp3) is 0.800. The molecule has 1 fully saturated rings. The summed E-state index contributed by atoms with van der Waals surface area (Å²) in [4.78, 5) is 4.62. The summed E-state index contributed by atoms with van der Waals surface area (Å²) in [5.41, 5.74) is 1.10. The number of nitrogens with zero attached hydrogens (tertiary/aromatic N) is 2. The van der Waals surface area contributed by atoms with Crippen molar-refractivity contribution in [1.82, 2.24) is 9.55 Å². The maximum Gasteiger partial charge on any atom is 0.203 e. The van der Waals surface area contributed by atoms with Crippen molar-refractivity contribution in [3.05, 3.63) is 11.9 Å². The van der Waals surface area contributed by atoms with E-state index in [-0.39, 0.29) is 0 Å². The smallest absolute Gasteiger partial charge is 0.203 e. The van der Waals surface area contributed by atoms with E-state index < -0.39 is 0 Å². The number of aromatic nitrogens is 2. The van der Waals surface area contributed by atoms with Gasteiger partial charge in [0.2, 0.25) is 5.95 Å². The number of hydrogen-bond acceptors (Lipinski definition) is 3. The van der Waals surface area contributed by atoms with Crippen molar-refractivity contribution in [2.45, 2.75) is 52.0 Å². The van der Waals surface area contributed by atoms with Gasteiger partial charge in [0, 0.05) is 32.5 Å². The number of anilines is 1. The van der Waals surface area contributed by atoms with Gasteiger partial charge in [-0.05, 0) is 32.1 Å². The zero-order valence-corrected chi connectivity index (χ0v) is 12.5. The van der Waals surface area contributed by atoms with Gasteiger partial charge in [-0.2, -0.15) is 0 Å². The highest BCUT2D eigenvalue weighted by Gasteiger charge is 2.22. The first-order chi connectivity index (χ1) is 9.20. The van der Waals surface area contributed by atoms with Crippen molar-refractivity contribution < 1.29 is 4.74 Å². The first-order valence-electron chi connectivity index (χ1n) is 7.49. The van der Waals surface area contributed by atoms with Crippen molar-refractivity contribution >= 4 is 5.95 Å². The van der Waals surface area contributed by atoms with Gasteiger partial charge in [0.15, 0.2) is 0 Å². The quantitative estimate of drug-likeness (QED) is 0.801. The van der Waals surface area contributed by atoms with Gasteiger partial charge in [-0.1, -0.05) is 19.8 Å². The van der Waals surface area contributed by atoms with E-state index in [0.29, 0.717) is 6.04 Å². The van der Waals surface area contributed by atoms with E-state index in [1.54, 1.807) is 7.11 Å². The molecule has 2 atom stereocenters. The van der Waals surface area contributed by atoms with Crippen LogP contribution in [-0.2, 0) is 4.74 Å². The molecule has 108 valence electrons. The molecule has 1 heterocycles. The third-order valence-corrected chi connectivity index (χ3v) is 3.96. The zero-order valence-electron chi connectivity index (χ0n) is 12.5. The zero-order chi connectivity index (χ0) is 13.7. The first-order valence-corrected chi connectivity index (χ1v) is 7.49. The minimum Gasteiger partial charge on any atom is -0.385 e. The lowest BCUT2D eigenvalue weighted by molar-refractivity contribution is 0.197. The van der Waals surface area contributed by atoms with E-state index in [9.17, 15) is 0 Å². The normalized spacial score (nSPS) is 23.5. The van der Waals surface area contributed by atoms with Gasteiger partial charge < -0.3 is 14.6 Å². The molecule has 0 amide bonds. The molecule has 1 aliphatic carbocycles. The van der Waals surface area contributed by atoms with E-state index in [4.69, 9.17) is 4.74 Å². The molecule has 1 N–H and O–H groups in total. The molecule has 1 aromatic rings. The molecule has 1 saturated carbocycles. The maximum absolute atomic E-state index is 5.08. The van der Waals surface area contributed by atoms with Crippen molar-refractivity contribution in [3.63, 3.8) is 0 Å². The summed E-state index contributed by atoms with van der Waals surface area (Å²) in [7, 11) is 1.74. The molecule has 0 radical (unpaired) electrons. The molecular formula is C15H27N3O. The highest BCUT2D eigenvalue weighted by Crippen LogP contribution is 2.34. The number of ether oxygens (including phenoxy) is 1. The van der Waals surface area contributed by atoms with Crippen LogP contribution in [0.1, 0.15) is 50.8 Å². The Morgan fingerprint density at radius 1 is 1.47 bits per heavy atom. The van der Waals surface area contributed by atoms with Gasteiger partial charge in [-0.15, -0.1) is 0 Å². The van der Waals surface area contributed by atoms with Crippen molar-refractivity contribution in [2.24, 2.45) is 5.92 Å². The molecule has 0 spiro atoms. The first kappa shape index (κ1) is 14.4. The minimum absolute atomic E-state index is 0.620. The van der Waals surface area contributed by atoms with Crippen LogP contribution in [0.2, 0.25) is 0 Å². The predicted octanol–water partition coefficient (Wildman–Crippen LogP) is 3.39. The Bertz CT molecular complexity index is 389. The number of imidazole rings is 1. The van der Waals surface area contributed by atoms with Crippen LogP contribution in [0.25, 0.3) is 0 Å². The molecule has 0 aromatic carbocycles. The monoisotopic (exact) mass is 265 g/mol. The van der Waals surface area contributed by atoms with Crippen molar-refractivity contribution in [2.75, 3.05) is 25.6 Å². The van der Waals surface area contributed by atoms with Crippen LogP contribution in [0, 0.1) is 12.8 Å². The average molecular weight is 265 g/mol. The van der Waals surface area contributed by atoms with Crippen LogP contribution in [-0.4, -0.2) is 29.8 Å². The molecule has 1 aromatic heterocycles. The summed E-state index contributed by atoms with van der Waals surface area (Å²) in [6.45, 7) is 6.16. The number of aryl methyl sites for hydroxylation is 1. The average Bonchev–Trinajstić information content (AvgIpc) is 2.76. The second-order valence-corrected chi connectivity index (χ2v) is 5.81. The van der Waals surface area contributed by atoms with E-state index in [1.807, 2.05) is 0 Å². The number of methoxy groups -OCH3 is 1. The van der Waals surface area contributed by atoms with E-state index in [1.165, 1.54) is 25.7 Å². The minimum atomic E-state index is 0.620. The summed E-state index contributed by atoms with van der Waals surface area (Å²) in [6, 6.07) is 0.620. The largest absolute Gasteiger partial charge is 0.385 e. The molecule has 1 aliphatic rings. The predicted molar refractivity (Wildman–Crippen MR) is 78.6 cm³/mol. The Morgan fingerprint density at radius 3 is 3.05 bits per heavy atom. The summed E-state index contributed by atoms with van der Waals surface area (Å²) in [5.74, 6) is 1.87. The van der Waals surface area contributed by atoms with Crippen LogP contribution in [0.4, 0.5) is 5.95 Å². The third kappa shape index (κ3) is 3.96. The molecule has 4 nitrogen and oxygen atoms in total. The van der Waals surface area contributed by atoms with E-state index in [0.717, 1.165) is 37.1 Å². The van der Waals surface area contributed by atoms with Crippen LogP contribution in [0.3, 0.4) is 0 Å². The fourth-order valence-electron chi connectivity index (χ4n) is 3.00. The second-order valence-electron chi connectivity index (χ2n) is 5.81. The number of rotatable bonds is 6. The molecule has 0 saturated heterocycles. The molecule has 0 bridgehead atoms. The molecule has 0 aliphatic heterocycles. The lowest BCUT2D eigenvalue weighted by atomic mass is 9.87. The van der Waals surface area contributed by atoms with Crippen LogP contribution < -0.4 is 5.32 Å². The second kappa shape index (κ2) is 6.94. The summed E-state index contributed by atoms with van der Waals surface area (Å²) >= 11 is 0. The molecular weight excluding hydrogens is 238 g/mol. The van der Waals surface area contributed by atoms with Crippen molar-refractivity contribution in [3.8, 4) is 0 Å². The molecule has 4 heteroatoms. The van der Waals surface area contributed by atoms with E-state index >= 15 is 0 Å². The lowest BCUT2D eigenvalue weighted by Crippen LogP contribution is -2.19. The molecule has 2 rings (SSSR count). The number of nitrogens with one attached hydrogen (secondary N) is 1. The van der Waals surface area contributed by atoms with Crippen LogP contribution >= 0.6 is 0 Å². The fourth-order valence-corrected chi connectivity index (χ4v) is 3.00. The van der Waals surface area contributed by atoms with Crippen LogP contribution in [0.15, 0.2) is 6.20 Å². The Balaban J connectivity index is 1.98. The SMILES string of the molecule is COCCCNc1nc(C)cn1C1CCCC(C)C1. The lowest BCUT2D eigenvalue weighted by Gasteiger charge is -2.29. The summed E-state index contributed by atoms with van der Waals surface area (Å²) in [5, 5.41) is 3.45. The number of hydrogen-bond donors (Lipinski definition) is 1. The van der Waals surface area contributed by atoms with Crippen LogP contribution in [0.5, 0.6) is 0 Å². The standard InChI is InChI=1S/C15H27N3O/c1-12-6-4-7-14(10-12)18-11-13(2)17-15(18)16-8-5-9-19-3/h11-12,14H,4-10H2,1-3H3,(H,16,17). The van der Waals surface area contributed by atoms with Gasteiger partial charge in [-0.3, -0.25) is 0 Å².